The molecule has 0 aliphatic heterocycles. The van der Waals surface area contributed by atoms with Crippen molar-refractivity contribution in [2.45, 2.75) is 12.5 Å². The molecule has 1 aromatic carbocycles. The van der Waals surface area contributed by atoms with E-state index in [1.807, 2.05) is 6.07 Å². The van der Waals surface area contributed by atoms with Crippen molar-refractivity contribution >= 4 is 5.97 Å². The molecule has 0 saturated heterocycles. The Labute approximate surface area is 81.6 Å². The Morgan fingerprint density at radius 1 is 1.57 bits per heavy atom. The van der Waals surface area contributed by atoms with E-state index in [1.165, 1.54) is 0 Å². The van der Waals surface area contributed by atoms with Crippen LogP contribution < -0.4 is 5.73 Å². The van der Waals surface area contributed by atoms with Crippen molar-refractivity contribution in [3.8, 4) is 6.07 Å². The topological polar surface area (TPSA) is 87.1 Å². The number of nitrogens with two attached hydrogens (primary N) is 1. The van der Waals surface area contributed by atoms with Crippen molar-refractivity contribution in [2.24, 2.45) is 5.73 Å². The number of aliphatic carboxylic acids is 1. The van der Waals surface area contributed by atoms with E-state index in [2.05, 4.69) is 0 Å². The Kier molecular flexibility index (Phi) is 3.21. The van der Waals surface area contributed by atoms with Gasteiger partial charge in [-0.1, -0.05) is 18.2 Å². The van der Waals surface area contributed by atoms with Gasteiger partial charge in [-0.05, 0) is 11.6 Å². The molecule has 0 aliphatic rings. The highest BCUT2D eigenvalue weighted by molar-refractivity contribution is 5.68. The van der Waals surface area contributed by atoms with Gasteiger partial charge in [-0.2, -0.15) is 5.26 Å². The summed E-state index contributed by atoms with van der Waals surface area (Å²) in [6.45, 7) is 0. The third kappa shape index (κ3) is 2.31. The lowest BCUT2D eigenvalue weighted by Gasteiger charge is -2.10. The molecule has 1 rings (SSSR count). The maximum absolute atomic E-state index is 10.4. The highest BCUT2D eigenvalue weighted by atomic mass is 16.4. The second kappa shape index (κ2) is 4.40. The number of carboxylic acid groups (broad SMARTS) is 1. The van der Waals surface area contributed by atoms with Crippen molar-refractivity contribution < 1.29 is 9.90 Å². The molecule has 0 radical (unpaired) electrons. The molecule has 0 fully saturated rings. The van der Waals surface area contributed by atoms with Gasteiger partial charge in [0.1, 0.15) is 0 Å². The SMILES string of the molecule is N#Cc1ccccc1[C@@H](N)CC(=O)O. The highest BCUT2D eigenvalue weighted by Crippen LogP contribution is 2.17. The minimum atomic E-state index is -0.967. The van der Waals surface area contributed by atoms with Crippen LogP contribution in [-0.2, 0) is 4.79 Å². The molecule has 1 atom stereocenters. The molecule has 0 spiro atoms. The zero-order valence-electron chi connectivity index (χ0n) is 7.47. The van der Waals surface area contributed by atoms with Gasteiger partial charge in [-0.3, -0.25) is 4.79 Å². The number of nitriles is 1. The van der Waals surface area contributed by atoms with Gasteiger partial charge in [-0.15, -0.1) is 0 Å². The van der Waals surface area contributed by atoms with Crippen molar-refractivity contribution in [1.29, 1.82) is 5.26 Å². The van der Waals surface area contributed by atoms with Gasteiger partial charge in [0, 0.05) is 6.04 Å². The quantitative estimate of drug-likeness (QED) is 0.745. The van der Waals surface area contributed by atoms with Crippen LogP contribution in [0.2, 0.25) is 0 Å². The summed E-state index contributed by atoms with van der Waals surface area (Å²) in [6.07, 6.45) is -0.168. The maximum atomic E-state index is 10.4. The van der Waals surface area contributed by atoms with Crippen LogP contribution in [0.4, 0.5) is 0 Å². The summed E-state index contributed by atoms with van der Waals surface area (Å²) >= 11 is 0. The fraction of sp³-hybridized carbons (Fsp3) is 0.200. The first-order valence-electron chi connectivity index (χ1n) is 4.11. The molecule has 14 heavy (non-hydrogen) atoms. The first-order valence-corrected chi connectivity index (χ1v) is 4.11. The molecule has 4 nitrogen and oxygen atoms in total. The predicted octanol–water partition coefficient (Wildman–Crippen LogP) is 1.03. The number of hydrogen-bond acceptors (Lipinski definition) is 3. The normalized spacial score (nSPS) is 11.7. The Morgan fingerprint density at radius 3 is 2.79 bits per heavy atom. The van der Waals surface area contributed by atoms with E-state index in [-0.39, 0.29) is 6.42 Å². The average Bonchev–Trinajstić information content (AvgIpc) is 2.16. The van der Waals surface area contributed by atoms with Crippen LogP contribution in [-0.4, -0.2) is 11.1 Å². The highest BCUT2D eigenvalue weighted by Gasteiger charge is 2.13. The molecule has 72 valence electrons. The van der Waals surface area contributed by atoms with Gasteiger partial charge in [0.25, 0.3) is 0 Å². The zero-order valence-corrected chi connectivity index (χ0v) is 7.47. The first-order chi connectivity index (χ1) is 6.65. The van der Waals surface area contributed by atoms with E-state index < -0.39 is 12.0 Å². The third-order valence-corrected chi connectivity index (χ3v) is 1.88. The molecule has 0 amide bonds. The fourth-order valence-corrected chi connectivity index (χ4v) is 1.22. The van der Waals surface area contributed by atoms with E-state index in [4.69, 9.17) is 16.1 Å². The standard InChI is InChI=1S/C10H10N2O2/c11-6-7-3-1-2-4-8(7)9(12)5-10(13)14/h1-4,9H,5,12H2,(H,13,14)/t9-/m0/s1. The largest absolute Gasteiger partial charge is 0.481 e. The smallest absolute Gasteiger partial charge is 0.305 e. The molecule has 1 aromatic rings. The Hall–Kier alpha value is -1.86. The van der Waals surface area contributed by atoms with E-state index in [0.717, 1.165) is 0 Å². The molecule has 4 heteroatoms. The summed E-state index contributed by atoms with van der Waals surface area (Å²) in [6, 6.07) is 8.10. The molecule has 0 aromatic heterocycles. The molecule has 0 heterocycles. The van der Waals surface area contributed by atoms with Crippen LogP contribution in [0, 0.1) is 11.3 Å². The van der Waals surface area contributed by atoms with E-state index >= 15 is 0 Å². The molecule has 0 unspecified atom stereocenters. The molecular weight excluding hydrogens is 180 g/mol. The van der Waals surface area contributed by atoms with Crippen molar-refractivity contribution in [2.75, 3.05) is 0 Å². The van der Waals surface area contributed by atoms with E-state index in [0.29, 0.717) is 11.1 Å². The Bertz CT molecular complexity index is 382. The molecule has 3 N–H and O–H groups in total. The second-order valence-corrected chi connectivity index (χ2v) is 2.90. The van der Waals surface area contributed by atoms with Gasteiger partial charge in [0.05, 0.1) is 18.1 Å². The zero-order chi connectivity index (χ0) is 10.6. The van der Waals surface area contributed by atoms with Gasteiger partial charge < -0.3 is 10.8 Å². The lowest BCUT2D eigenvalue weighted by Crippen LogP contribution is -2.16. The second-order valence-electron chi connectivity index (χ2n) is 2.90. The Balaban J connectivity index is 2.95. The summed E-state index contributed by atoms with van der Waals surface area (Å²) in [5.41, 5.74) is 6.65. The number of hydrogen-bond donors (Lipinski definition) is 2. The first kappa shape index (κ1) is 10.2. The minimum Gasteiger partial charge on any atom is -0.481 e. The summed E-state index contributed by atoms with van der Waals surface area (Å²) in [5, 5.41) is 17.3. The van der Waals surface area contributed by atoms with Crippen molar-refractivity contribution in [3.05, 3.63) is 35.4 Å². The van der Waals surface area contributed by atoms with Crippen LogP contribution in [0.5, 0.6) is 0 Å². The van der Waals surface area contributed by atoms with Crippen molar-refractivity contribution in [1.82, 2.24) is 0 Å². The monoisotopic (exact) mass is 190 g/mol. The number of benzene rings is 1. The van der Waals surface area contributed by atoms with Gasteiger partial charge in [0.2, 0.25) is 0 Å². The number of carboxylic acids is 1. The van der Waals surface area contributed by atoms with Gasteiger partial charge in [0.15, 0.2) is 0 Å². The summed E-state index contributed by atoms with van der Waals surface area (Å²) in [7, 11) is 0. The molecule has 0 saturated carbocycles. The molecule has 0 aliphatic carbocycles. The lowest BCUT2D eigenvalue weighted by atomic mass is 9.99. The van der Waals surface area contributed by atoms with Crippen LogP contribution in [0.15, 0.2) is 24.3 Å². The third-order valence-electron chi connectivity index (χ3n) is 1.88. The van der Waals surface area contributed by atoms with E-state index in [9.17, 15) is 4.79 Å². The molecular formula is C10H10N2O2. The predicted molar refractivity (Wildman–Crippen MR) is 50.3 cm³/mol. The van der Waals surface area contributed by atoms with Crippen LogP contribution in [0.25, 0.3) is 0 Å². The Morgan fingerprint density at radius 2 is 2.21 bits per heavy atom. The van der Waals surface area contributed by atoms with E-state index in [1.54, 1.807) is 24.3 Å². The summed E-state index contributed by atoms with van der Waals surface area (Å²) in [4.78, 5) is 10.4. The lowest BCUT2D eigenvalue weighted by molar-refractivity contribution is -0.137. The average molecular weight is 190 g/mol. The molecule has 0 bridgehead atoms. The number of rotatable bonds is 3. The van der Waals surface area contributed by atoms with Gasteiger partial charge >= 0.3 is 5.97 Å². The van der Waals surface area contributed by atoms with Crippen molar-refractivity contribution in [3.63, 3.8) is 0 Å². The van der Waals surface area contributed by atoms with Crippen LogP contribution in [0.3, 0.4) is 0 Å². The van der Waals surface area contributed by atoms with Gasteiger partial charge in [-0.25, -0.2) is 0 Å². The minimum absolute atomic E-state index is 0.168. The maximum Gasteiger partial charge on any atom is 0.305 e. The fourth-order valence-electron chi connectivity index (χ4n) is 1.22. The van der Waals surface area contributed by atoms with Crippen LogP contribution in [0.1, 0.15) is 23.6 Å². The number of nitrogens with zero attached hydrogens (tertiary/aromatic N) is 1. The summed E-state index contributed by atoms with van der Waals surface area (Å²) < 4.78 is 0. The summed E-state index contributed by atoms with van der Waals surface area (Å²) in [5.74, 6) is -0.967. The van der Waals surface area contributed by atoms with Crippen LogP contribution >= 0.6 is 0 Å². The number of carbonyl (C=O) groups is 1.